The molecule has 9 heteroatoms. The van der Waals surface area contributed by atoms with Crippen molar-refractivity contribution in [1.82, 2.24) is 19.7 Å². The molecule has 0 saturated heterocycles. The zero-order valence-electron chi connectivity index (χ0n) is 21.7. The number of anilines is 3. The van der Waals surface area contributed by atoms with Crippen LogP contribution in [0.4, 0.5) is 17.1 Å². The second kappa shape index (κ2) is 11.7. The molecule has 0 fully saturated rings. The highest BCUT2D eigenvalue weighted by Crippen LogP contribution is 2.33. The van der Waals surface area contributed by atoms with Crippen LogP contribution < -0.4 is 9.80 Å². The first-order chi connectivity index (χ1) is 18.5. The van der Waals surface area contributed by atoms with E-state index in [9.17, 15) is 9.35 Å². The van der Waals surface area contributed by atoms with Gasteiger partial charge in [-0.15, -0.1) is 0 Å². The Balaban J connectivity index is 1.32. The highest BCUT2D eigenvalue weighted by Gasteiger charge is 2.22. The number of hydrogen-bond acceptors (Lipinski definition) is 5. The van der Waals surface area contributed by atoms with Gasteiger partial charge < -0.3 is 18.9 Å². The van der Waals surface area contributed by atoms with Gasteiger partial charge in [0.25, 0.3) is 5.91 Å². The normalized spacial score (nSPS) is 15.7. The zero-order valence-corrected chi connectivity index (χ0v) is 22.5. The highest BCUT2D eigenvalue weighted by atomic mass is 32.2. The van der Waals surface area contributed by atoms with Crippen LogP contribution >= 0.6 is 0 Å². The Bertz CT molecular complexity index is 1400. The van der Waals surface area contributed by atoms with Crippen molar-refractivity contribution < 1.29 is 9.35 Å². The molecular weight excluding hydrogens is 496 g/mol. The first kappa shape index (κ1) is 25.8. The number of aryl methyl sites for hydroxylation is 1. The molecule has 1 aliphatic heterocycles. The quantitative estimate of drug-likeness (QED) is 0.313. The van der Waals surface area contributed by atoms with Gasteiger partial charge in [-0.2, -0.15) is 5.10 Å². The second-order valence-electron chi connectivity index (χ2n) is 9.37. The lowest BCUT2D eigenvalue weighted by molar-refractivity contribution is -0.114. The Labute approximate surface area is 226 Å². The third kappa shape index (κ3) is 5.54. The largest absolute Gasteiger partial charge is 0.611 e. The number of carbonyl (C=O) groups is 1. The maximum Gasteiger partial charge on any atom is 0.253 e. The minimum Gasteiger partial charge on any atom is -0.611 e. The van der Waals surface area contributed by atoms with Crippen molar-refractivity contribution >= 4 is 40.2 Å². The van der Waals surface area contributed by atoms with Crippen LogP contribution in [0.2, 0.25) is 0 Å². The fourth-order valence-corrected chi connectivity index (χ4v) is 5.89. The fraction of sp³-hybridized carbons (Fsp3) is 0.276. The molecule has 1 atom stereocenters. The Hall–Kier alpha value is -3.82. The maximum absolute atomic E-state index is 13.6. The summed E-state index contributed by atoms with van der Waals surface area (Å²) in [6.07, 6.45) is 11.8. The van der Waals surface area contributed by atoms with E-state index in [0.29, 0.717) is 12.2 Å². The number of imidazole rings is 1. The third-order valence-electron chi connectivity index (χ3n) is 6.79. The molecule has 38 heavy (non-hydrogen) atoms. The van der Waals surface area contributed by atoms with Crippen molar-refractivity contribution in [3.8, 4) is 0 Å². The van der Waals surface area contributed by atoms with Crippen LogP contribution in [0.3, 0.4) is 0 Å². The van der Waals surface area contributed by atoms with Gasteiger partial charge in [-0.3, -0.25) is 9.89 Å². The first-order valence-electron chi connectivity index (χ1n) is 12.9. The van der Waals surface area contributed by atoms with Crippen LogP contribution in [0.5, 0.6) is 0 Å². The molecular formula is C29H32N6O2S. The summed E-state index contributed by atoms with van der Waals surface area (Å²) in [4.78, 5) is 22.4. The van der Waals surface area contributed by atoms with Crippen molar-refractivity contribution in [2.45, 2.75) is 43.4 Å². The molecule has 0 saturated carbocycles. The van der Waals surface area contributed by atoms with E-state index < -0.39 is 11.2 Å². The van der Waals surface area contributed by atoms with Crippen LogP contribution in [0, 0.1) is 0 Å². The van der Waals surface area contributed by atoms with Crippen LogP contribution in [-0.4, -0.2) is 43.8 Å². The number of aromatic amines is 1. The molecule has 3 heterocycles. The van der Waals surface area contributed by atoms with E-state index >= 15 is 0 Å². The summed E-state index contributed by atoms with van der Waals surface area (Å²) in [7, 11) is 1.79. The number of nitrogens with one attached hydrogen (secondary N) is 1. The average Bonchev–Trinajstić information content (AvgIpc) is 3.61. The van der Waals surface area contributed by atoms with Crippen molar-refractivity contribution in [2.75, 3.05) is 23.4 Å². The second-order valence-corrected chi connectivity index (χ2v) is 10.8. The smallest absolute Gasteiger partial charge is 0.253 e. The van der Waals surface area contributed by atoms with Gasteiger partial charge in [0.15, 0.2) is 10.6 Å². The SMILES string of the molecule is CCCn1cncc1C[S+]([O-])c1ccc(N(C)C(=O)/C2=C/c3ccccc3N(c3cn[nH]c3)CCC2)cc1. The number of aromatic nitrogens is 4. The Morgan fingerprint density at radius 3 is 2.74 bits per heavy atom. The van der Waals surface area contributed by atoms with Gasteiger partial charge in [-0.25, -0.2) is 4.98 Å². The van der Waals surface area contributed by atoms with E-state index in [-0.39, 0.29) is 5.91 Å². The van der Waals surface area contributed by atoms with Crippen LogP contribution in [0.15, 0.2) is 83.9 Å². The van der Waals surface area contributed by atoms with Gasteiger partial charge in [-0.05, 0) is 72.4 Å². The number of H-pyrrole nitrogens is 1. The molecule has 0 spiro atoms. The Kier molecular flexibility index (Phi) is 7.95. The number of nitrogens with zero attached hydrogens (tertiary/aromatic N) is 5. The monoisotopic (exact) mass is 528 g/mol. The predicted molar refractivity (Wildman–Crippen MR) is 152 cm³/mol. The van der Waals surface area contributed by atoms with Gasteiger partial charge in [0.05, 0.1) is 30.1 Å². The first-order valence-corrected chi connectivity index (χ1v) is 14.2. The lowest BCUT2D eigenvalue weighted by Gasteiger charge is -2.28. The van der Waals surface area contributed by atoms with Crippen LogP contribution in [0.1, 0.15) is 37.4 Å². The van der Waals surface area contributed by atoms with Gasteiger partial charge in [0.1, 0.15) is 0 Å². The molecule has 1 N–H and O–H groups in total. The Morgan fingerprint density at radius 1 is 1.16 bits per heavy atom. The standard InChI is InChI=1S/C29H32N6O2S/c1-3-14-34-21-30-17-26(34)20-38(37)27-12-10-24(11-13-27)33(2)29(36)23-8-6-15-35(25-18-31-32-19-25)28-9-5-4-7-22(28)16-23/h4-5,7,9-13,16-19,21H,3,6,8,14-15,20H2,1-2H3,(H,31,32)/b23-16+. The van der Waals surface area contributed by atoms with Crippen molar-refractivity contribution in [2.24, 2.45) is 0 Å². The predicted octanol–water partition coefficient (Wildman–Crippen LogP) is 5.30. The van der Waals surface area contributed by atoms with E-state index in [1.165, 1.54) is 0 Å². The number of fused-ring (bicyclic) bond motifs is 1. The van der Waals surface area contributed by atoms with Gasteiger partial charge >= 0.3 is 0 Å². The van der Waals surface area contributed by atoms with E-state index in [2.05, 4.69) is 33.1 Å². The number of benzene rings is 2. The maximum atomic E-state index is 13.6. The molecule has 0 radical (unpaired) electrons. The summed E-state index contributed by atoms with van der Waals surface area (Å²) in [6.45, 7) is 3.75. The molecule has 8 nitrogen and oxygen atoms in total. The number of likely N-dealkylation sites (N-methyl/N-ethyl adjacent to an activating group) is 1. The van der Waals surface area contributed by atoms with Gasteiger partial charge in [0.2, 0.25) is 0 Å². The molecule has 196 valence electrons. The molecule has 4 aromatic rings. The lowest BCUT2D eigenvalue weighted by atomic mass is 10.00. The van der Waals surface area contributed by atoms with Crippen LogP contribution in [0.25, 0.3) is 6.08 Å². The summed E-state index contributed by atoms with van der Waals surface area (Å²) in [5.74, 6) is 0.380. The molecule has 0 aliphatic carbocycles. The van der Waals surface area contributed by atoms with E-state index in [1.807, 2.05) is 65.5 Å². The number of carbonyl (C=O) groups excluding carboxylic acids is 1. The topological polar surface area (TPSA) is 93.1 Å². The number of rotatable bonds is 8. The minimum absolute atomic E-state index is 0.0334. The van der Waals surface area contributed by atoms with Crippen molar-refractivity contribution in [1.29, 1.82) is 0 Å². The number of amides is 1. The number of para-hydroxylation sites is 1. The average molecular weight is 529 g/mol. The van der Waals surface area contributed by atoms with Crippen LogP contribution in [-0.2, 0) is 28.3 Å². The van der Waals surface area contributed by atoms with Crippen molar-refractivity contribution in [3.63, 3.8) is 0 Å². The van der Waals surface area contributed by atoms with Crippen molar-refractivity contribution in [3.05, 3.63) is 90.3 Å². The Morgan fingerprint density at radius 2 is 1.97 bits per heavy atom. The summed E-state index contributed by atoms with van der Waals surface area (Å²) in [6, 6.07) is 15.5. The molecule has 1 aliphatic rings. The molecule has 2 aromatic heterocycles. The van der Waals surface area contributed by atoms with Gasteiger partial charge in [-0.1, -0.05) is 25.1 Å². The molecule has 2 aromatic carbocycles. The van der Waals surface area contributed by atoms with E-state index in [1.54, 1.807) is 24.5 Å². The van der Waals surface area contributed by atoms with E-state index in [0.717, 1.165) is 64.7 Å². The summed E-state index contributed by atoms with van der Waals surface area (Å²) < 4.78 is 15.1. The number of hydrogen-bond donors (Lipinski definition) is 1. The molecule has 1 unspecified atom stereocenters. The minimum atomic E-state index is -1.20. The summed E-state index contributed by atoms with van der Waals surface area (Å²) in [5, 5.41) is 7.00. The molecule has 1 amide bonds. The highest BCUT2D eigenvalue weighted by molar-refractivity contribution is 7.90. The molecule has 0 bridgehead atoms. The fourth-order valence-electron chi connectivity index (χ4n) is 4.77. The summed E-state index contributed by atoms with van der Waals surface area (Å²) in [5.41, 5.74) is 5.55. The molecule has 5 rings (SSSR count). The van der Waals surface area contributed by atoms with Gasteiger partial charge in [0, 0.05) is 43.3 Å². The lowest BCUT2D eigenvalue weighted by Crippen LogP contribution is -2.29. The summed E-state index contributed by atoms with van der Waals surface area (Å²) >= 11 is -1.20. The zero-order chi connectivity index (χ0) is 26.5. The third-order valence-corrected chi connectivity index (χ3v) is 8.14. The van der Waals surface area contributed by atoms with E-state index in [4.69, 9.17) is 0 Å².